The smallest absolute Gasteiger partial charge is 0.340 e. The van der Waals surface area contributed by atoms with E-state index < -0.39 is 17.4 Å². The van der Waals surface area contributed by atoms with Gasteiger partial charge >= 0.3 is 11.9 Å². The van der Waals surface area contributed by atoms with E-state index in [1.54, 1.807) is 6.07 Å². The number of methoxy groups -OCH3 is 1. The Morgan fingerprint density at radius 2 is 1.62 bits per heavy atom. The van der Waals surface area contributed by atoms with Crippen molar-refractivity contribution in [3.8, 4) is 0 Å². The van der Waals surface area contributed by atoms with Gasteiger partial charge in [-0.1, -0.05) is 0 Å². The van der Waals surface area contributed by atoms with E-state index in [1.165, 1.54) is 19.2 Å². The van der Waals surface area contributed by atoms with Crippen LogP contribution in [0.5, 0.6) is 0 Å². The van der Waals surface area contributed by atoms with E-state index in [2.05, 4.69) is 19.4 Å². The summed E-state index contributed by atoms with van der Waals surface area (Å²) >= 11 is 0. The van der Waals surface area contributed by atoms with E-state index >= 15 is 0 Å². The van der Waals surface area contributed by atoms with E-state index in [1.807, 2.05) is 45.0 Å². The van der Waals surface area contributed by atoms with Crippen molar-refractivity contribution in [3.05, 3.63) is 59.4 Å². The van der Waals surface area contributed by atoms with Crippen molar-refractivity contribution in [2.75, 3.05) is 69.3 Å². The molecule has 4 rings (SSSR count). The highest BCUT2D eigenvalue weighted by molar-refractivity contribution is 5.90. The van der Waals surface area contributed by atoms with Crippen molar-refractivity contribution in [1.29, 1.82) is 0 Å². The van der Waals surface area contributed by atoms with Crippen molar-refractivity contribution in [2.24, 2.45) is 0 Å². The third-order valence-corrected chi connectivity index (χ3v) is 6.56. The molecule has 2 aliphatic heterocycles. The Kier molecular flexibility index (Phi) is 8.34. The molecule has 0 bridgehead atoms. The first kappa shape index (κ1) is 26.9. The fraction of sp³-hybridized carbons (Fsp3) is 0.500. The second-order valence-electron chi connectivity index (χ2n) is 10.4. The lowest BCUT2D eigenvalue weighted by molar-refractivity contribution is 0.00687. The number of halogens is 1. The van der Waals surface area contributed by atoms with Crippen LogP contribution in [0.25, 0.3) is 0 Å². The summed E-state index contributed by atoms with van der Waals surface area (Å²) in [7, 11) is 1.24. The number of hydrogen-bond donors (Lipinski definition) is 0. The van der Waals surface area contributed by atoms with Gasteiger partial charge in [-0.25, -0.2) is 14.0 Å². The number of piperazine rings is 1. The predicted octanol–water partition coefficient (Wildman–Crippen LogP) is 3.60. The number of carbonyl (C=O) groups is 2. The average Bonchev–Trinajstić information content (AvgIpc) is 2.88. The van der Waals surface area contributed by atoms with Crippen LogP contribution in [0, 0.1) is 5.82 Å². The van der Waals surface area contributed by atoms with Crippen LogP contribution < -0.4 is 9.80 Å². The summed E-state index contributed by atoms with van der Waals surface area (Å²) in [6.45, 7) is 11.8. The van der Waals surface area contributed by atoms with Gasteiger partial charge in [0.2, 0.25) is 0 Å². The number of rotatable bonds is 6. The number of benzene rings is 2. The van der Waals surface area contributed by atoms with E-state index in [0.29, 0.717) is 12.2 Å². The van der Waals surface area contributed by atoms with Gasteiger partial charge in [-0.3, -0.25) is 4.90 Å². The Bertz CT molecular complexity index is 1090. The lowest BCUT2D eigenvalue weighted by atomic mass is 10.1. The highest BCUT2D eigenvalue weighted by Gasteiger charge is 2.26. The number of esters is 2. The van der Waals surface area contributed by atoms with Crippen LogP contribution in [0.15, 0.2) is 42.5 Å². The zero-order valence-corrected chi connectivity index (χ0v) is 22.0. The molecule has 0 radical (unpaired) electrons. The van der Waals surface area contributed by atoms with E-state index in [9.17, 15) is 14.0 Å². The summed E-state index contributed by atoms with van der Waals surface area (Å²) in [6, 6.07) is 12.2. The van der Waals surface area contributed by atoms with Gasteiger partial charge in [-0.05, 0) is 63.2 Å². The molecule has 2 aromatic rings. The van der Waals surface area contributed by atoms with Crippen molar-refractivity contribution >= 4 is 23.3 Å². The third kappa shape index (κ3) is 6.99. The van der Waals surface area contributed by atoms with Crippen LogP contribution in [0.4, 0.5) is 15.8 Å². The molecule has 0 spiro atoms. The van der Waals surface area contributed by atoms with Gasteiger partial charge in [-0.2, -0.15) is 0 Å². The number of morpholine rings is 1. The summed E-state index contributed by atoms with van der Waals surface area (Å²) in [6.07, 6.45) is 0.0719. The van der Waals surface area contributed by atoms with Crippen LogP contribution in [-0.4, -0.2) is 88.1 Å². The highest BCUT2D eigenvalue weighted by Crippen LogP contribution is 2.23. The van der Waals surface area contributed by atoms with Crippen molar-refractivity contribution < 1.29 is 28.2 Å². The molecule has 0 unspecified atom stereocenters. The minimum Gasteiger partial charge on any atom is -0.465 e. The number of nitrogens with zero attached hydrogens (tertiary/aromatic N) is 3. The molecule has 37 heavy (non-hydrogen) atoms. The first-order valence-electron chi connectivity index (χ1n) is 12.7. The maximum absolute atomic E-state index is 14.3. The van der Waals surface area contributed by atoms with Gasteiger partial charge in [0.25, 0.3) is 0 Å². The van der Waals surface area contributed by atoms with Gasteiger partial charge in [0, 0.05) is 57.2 Å². The first-order valence-corrected chi connectivity index (χ1v) is 12.7. The average molecular weight is 514 g/mol. The topological polar surface area (TPSA) is 71.6 Å². The number of hydrogen-bond acceptors (Lipinski definition) is 8. The van der Waals surface area contributed by atoms with Crippen molar-refractivity contribution in [1.82, 2.24) is 4.90 Å². The Morgan fingerprint density at radius 1 is 0.946 bits per heavy atom. The summed E-state index contributed by atoms with van der Waals surface area (Å²) in [4.78, 5) is 30.7. The van der Waals surface area contributed by atoms with Crippen LogP contribution >= 0.6 is 0 Å². The molecular formula is C28H36FN3O5. The molecule has 8 nitrogen and oxygen atoms in total. The Hall–Kier alpha value is -3.17. The molecular weight excluding hydrogens is 477 g/mol. The van der Waals surface area contributed by atoms with Gasteiger partial charge in [0.1, 0.15) is 11.4 Å². The fourth-order valence-corrected chi connectivity index (χ4v) is 4.66. The number of ether oxygens (including phenoxy) is 3. The van der Waals surface area contributed by atoms with Crippen LogP contribution in [0.3, 0.4) is 0 Å². The molecule has 0 aromatic heterocycles. The minimum atomic E-state index is -0.672. The maximum atomic E-state index is 14.3. The highest BCUT2D eigenvalue weighted by atomic mass is 19.1. The van der Waals surface area contributed by atoms with Gasteiger partial charge in [0.15, 0.2) is 0 Å². The van der Waals surface area contributed by atoms with Crippen molar-refractivity contribution in [3.63, 3.8) is 0 Å². The Labute approximate surface area is 217 Å². The molecule has 1 atom stereocenters. The number of anilines is 2. The van der Waals surface area contributed by atoms with Crippen LogP contribution in [0.1, 0.15) is 41.5 Å². The largest absolute Gasteiger partial charge is 0.465 e. The molecule has 9 heteroatoms. The lowest BCUT2D eigenvalue weighted by Gasteiger charge is -2.40. The molecule has 2 heterocycles. The SMILES string of the molecule is COC(=O)c1ccc(N2CCN(C[C@@H]3CN(c4ccc(C(=O)OC(C)(C)C)cc4)CCO3)CC2)cc1F. The summed E-state index contributed by atoms with van der Waals surface area (Å²) in [5.41, 5.74) is 1.79. The first-order chi connectivity index (χ1) is 17.6. The van der Waals surface area contributed by atoms with Gasteiger partial charge in [-0.15, -0.1) is 0 Å². The molecule has 0 aliphatic carbocycles. The molecule has 200 valence electrons. The van der Waals surface area contributed by atoms with Crippen LogP contribution in [-0.2, 0) is 14.2 Å². The zero-order chi connectivity index (χ0) is 26.6. The summed E-state index contributed by atoms with van der Waals surface area (Å²) in [5.74, 6) is -1.56. The third-order valence-electron chi connectivity index (χ3n) is 6.56. The summed E-state index contributed by atoms with van der Waals surface area (Å²) in [5, 5.41) is 0. The standard InChI is InChI=1S/C28H36FN3O5/c1-28(2,3)37-26(33)20-5-7-21(8-6-20)32-15-16-36-23(19-32)18-30-11-13-31(14-12-30)22-9-10-24(25(29)17-22)27(34)35-4/h5-10,17,23H,11-16,18-19H2,1-4H3/t23-/m1/s1. The maximum Gasteiger partial charge on any atom is 0.340 e. The van der Waals surface area contributed by atoms with Gasteiger partial charge < -0.3 is 24.0 Å². The fourth-order valence-electron chi connectivity index (χ4n) is 4.66. The monoisotopic (exact) mass is 513 g/mol. The van der Waals surface area contributed by atoms with Crippen LogP contribution in [0.2, 0.25) is 0 Å². The molecule has 2 aromatic carbocycles. The summed E-state index contributed by atoms with van der Waals surface area (Å²) < 4.78 is 30.5. The predicted molar refractivity (Wildman–Crippen MR) is 140 cm³/mol. The van der Waals surface area contributed by atoms with E-state index in [0.717, 1.165) is 57.2 Å². The van der Waals surface area contributed by atoms with Gasteiger partial charge in [0.05, 0.1) is 30.9 Å². The molecule has 2 saturated heterocycles. The second-order valence-corrected chi connectivity index (χ2v) is 10.4. The second kappa shape index (κ2) is 11.5. The molecule has 0 saturated carbocycles. The molecule has 0 amide bonds. The zero-order valence-electron chi connectivity index (χ0n) is 22.0. The van der Waals surface area contributed by atoms with E-state index in [-0.39, 0.29) is 17.6 Å². The Balaban J connectivity index is 1.28. The molecule has 0 N–H and O–H groups in total. The van der Waals surface area contributed by atoms with E-state index in [4.69, 9.17) is 9.47 Å². The van der Waals surface area contributed by atoms with Crippen molar-refractivity contribution in [2.45, 2.75) is 32.5 Å². The number of carbonyl (C=O) groups excluding carboxylic acids is 2. The molecule has 2 fully saturated rings. The quantitative estimate of drug-likeness (QED) is 0.543. The Morgan fingerprint density at radius 3 is 2.24 bits per heavy atom. The minimum absolute atomic E-state index is 0.0524. The lowest BCUT2D eigenvalue weighted by Crippen LogP contribution is -2.52. The molecule has 2 aliphatic rings. The normalized spacial score (nSPS) is 19.0.